The number of nitrogens with one attached hydrogen (secondary N) is 8. The summed E-state index contributed by atoms with van der Waals surface area (Å²) in [6.07, 6.45) is 5.75. The van der Waals surface area contributed by atoms with Gasteiger partial charge >= 0.3 is 6.03 Å². The van der Waals surface area contributed by atoms with Crippen molar-refractivity contribution in [3.63, 3.8) is 0 Å². The lowest BCUT2D eigenvalue weighted by Gasteiger charge is -2.56. The van der Waals surface area contributed by atoms with Crippen molar-refractivity contribution in [2.45, 2.75) is 242 Å². The van der Waals surface area contributed by atoms with E-state index in [0.29, 0.717) is 69.2 Å². The van der Waals surface area contributed by atoms with E-state index < -0.39 is 119 Å². The summed E-state index contributed by atoms with van der Waals surface area (Å²) >= 11 is 0. The molecule has 3 fully saturated rings. The number of carbonyl (C=O) groups excluding carboxylic acids is 10. The van der Waals surface area contributed by atoms with E-state index in [2.05, 4.69) is 56.4 Å². The van der Waals surface area contributed by atoms with Gasteiger partial charge in [0.1, 0.15) is 54.9 Å². The number of ether oxygens (including phenoxy) is 6. The molecule has 0 bridgehead atoms. The molecule has 15 atom stereocenters. The first-order valence-corrected chi connectivity index (χ1v) is 40.8. The zero-order valence-corrected chi connectivity index (χ0v) is 67.0. The average molecular weight is 1600 g/mol. The summed E-state index contributed by atoms with van der Waals surface area (Å²) in [5, 5.41) is 74.7. The molecular weight excluding hydrogens is 1470 g/mol. The molecule has 0 aromatic heterocycles. The first kappa shape index (κ1) is 89.7. The van der Waals surface area contributed by atoms with Gasteiger partial charge in [0.2, 0.25) is 41.4 Å². The first-order valence-electron chi connectivity index (χ1n) is 40.8. The normalized spacial score (nSPS) is 28.0. The quantitative estimate of drug-likeness (QED) is 0.0337. The second-order valence-electron chi connectivity index (χ2n) is 32.8. The third-order valence-corrected chi connectivity index (χ3v) is 24.6. The maximum absolute atomic E-state index is 15.0. The van der Waals surface area contributed by atoms with Gasteiger partial charge in [-0.15, -0.1) is 0 Å². The van der Waals surface area contributed by atoms with Gasteiger partial charge in [-0.25, -0.2) is 4.79 Å². The van der Waals surface area contributed by atoms with Gasteiger partial charge in [-0.2, -0.15) is 0 Å². The van der Waals surface area contributed by atoms with Crippen LogP contribution in [0.3, 0.4) is 0 Å². The highest BCUT2D eigenvalue weighted by Crippen LogP contribution is 2.60. The van der Waals surface area contributed by atoms with Gasteiger partial charge in [0.15, 0.2) is 6.23 Å². The Morgan fingerprint density at radius 3 is 1.81 bits per heavy atom. The third kappa shape index (κ3) is 22.7. The summed E-state index contributed by atoms with van der Waals surface area (Å²) in [5.41, 5.74) is 14.9. The topological polar surface area (TPSA) is 479 Å². The van der Waals surface area contributed by atoms with E-state index in [1.54, 1.807) is 26.0 Å². The molecule has 2 aromatic carbocycles. The standard InChI is InChI=1S/C82H123N11O21/c1-49(2)68(74(105)89-58(17-12-35-86-78(84)108)72(103)87-52-23-19-50-21-25-61-79(3,54(50)45-52)30-13-32-81(61,5)76(106)92-77(107)82(6)33-14-31-80(4)55-46-53(95)24-20-51(55)22-26-62(80)82)91-73(104)57(88-63(96)29-37-109-39-41-111-43-44-112-42-40-110-38-36-93-65(98)27-28-66(93)99)16-10-11-34-85-64(97)48-113-59-18-9-7-8-15-56(67(59)83)90-75-71(102)70(101)69(100)60(47-94)114-75/h19-20,23-24,27-28,45-46,49,57-62,68-71,75,90,94-95,100-102H,7-18,21-22,25-26,29-44,47-48,83H2,1-6H3,(H,85,97)(H,87,103)(H,88,96)(H,89,105)(H,91,104)(H3,84,86,108)(H,92,106,107)/b67-56-/t57-,58+,59?,60-,61-,62-,68+,69+,70+,71-,75-,79-,80-,81+,82+/m1/s1. The molecule has 1 unspecified atom stereocenters. The van der Waals surface area contributed by atoms with Crippen LogP contribution < -0.4 is 54.0 Å². The molecular formula is C82H123N11O21. The van der Waals surface area contributed by atoms with Crippen LogP contribution >= 0.6 is 0 Å². The van der Waals surface area contributed by atoms with Crippen LogP contribution in [0.15, 0.2) is 59.9 Å². The minimum Gasteiger partial charge on any atom is -0.508 e. The van der Waals surface area contributed by atoms with Crippen LogP contribution in [0, 0.1) is 28.6 Å². The number of aryl methyl sites for hydroxylation is 2. The van der Waals surface area contributed by atoms with Crippen LogP contribution in [0.2, 0.25) is 0 Å². The number of phenolic OH excluding ortho intramolecular Hbond substituents is 1. The number of amides is 11. The molecule has 2 heterocycles. The Bertz CT molecular complexity index is 3750. The minimum atomic E-state index is -1.61. The van der Waals surface area contributed by atoms with Crippen molar-refractivity contribution < 1.29 is 102 Å². The van der Waals surface area contributed by atoms with Crippen molar-refractivity contribution in [1.82, 2.24) is 42.1 Å². The predicted octanol–water partition coefficient (Wildman–Crippen LogP) is 2.83. The zero-order chi connectivity index (χ0) is 82.5. The number of hydrogen-bond donors (Lipinski definition) is 15. The monoisotopic (exact) mass is 1600 g/mol. The summed E-state index contributed by atoms with van der Waals surface area (Å²) in [7, 11) is 0. The molecule has 32 nitrogen and oxygen atoms in total. The number of urea groups is 1. The van der Waals surface area contributed by atoms with E-state index in [1.165, 1.54) is 17.7 Å². The molecule has 32 heteroatoms. The lowest BCUT2D eigenvalue weighted by Crippen LogP contribution is -2.62. The second kappa shape index (κ2) is 41.6. The third-order valence-electron chi connectivity index (χ3n) is 24.6. The molecule has 2 saturated carbocycles. The summed E-state index contributed by atoms with van der Waals surface area (Å²) in [5.74, 6) is -4.91. The lowest BCUT2D eigenvalue weighted by molar-refractivity contribution is -0.234. The summed E-state index contributed by atoms with van der Waals surface area (Å²) in [4.78, 5) is 137. The van der Waals surface area contributed by atoms with Crippen molar-refractivity contribution in [2.75, 3.05) is 91.0 Å². The highest BCUT2D eigenvalue weighted by atomic mass is 16.6. The molecule has 9 rings (SSSR count). The Morgan fingerprint density at radius 2 is 1.19 bits per heavy atom. The summed E-state index contributed by atoms with van der Waals surface area (Å²) in [6, 6.07) is 6.83. The Kier molecular flexibility index (Phi) is 32.7. The molecule has 114 heavy (non-hydrogen) atoms. The van der Waals surface area contributed by atoms with E-state index in [9.17, 15) is 68.7 Å². The average Bonchev–Trinajstić information content (AvgIpc) is 0.804. The van der Waals surface area contributed by atoms with Crippen LogP contribution in [0.25, 0.3) is 0 Å². The number of hydrogen-bond acceptors (Lipinski definition) is 23. The van der Waals surface area contributed by atoms with Crippen LogP contribution in [-0.4, -0.2) is 230 Å². The molecule has 2 aromatic rings. The molecule has 11 amide bonds. The minimum absolute atomic E-state index is 0.0258. The number of anilines is 1. The number of allylic oxidation sites excluding steroid dienone is 1. The maximum Gasteiger partial charge on any atom is 0.312 e. The predicted molar refractivity (Wildman–Crippen MR) is 418 cm³/mol. The Morgan fingerprint density at radius 1 is 0.614 bits per heavy atom. The van der Waals surface area contributed by atoms with Crippen LogP contribution in [-0.2, 0) is 95.2 Å². The fourth-order valence-electron chi connectivity index (χ4n) is 18.2. The molecule has 1 saturated heterocycles. The highest BCUT2D eigenvalue weighted by molar-refractivity contribution is 6.13. The maximum atomic E-state index is 15.0. The van der Waals surface area contributed by atoms with E-state index in [-0.39, 0.29) is 157 Å². The van der Waals surface area contributed by atoms with Gasteiger partial charge in [0, 0.05) is 43.0 Å². The number of fused-ring (bicyclic) bond motifs is 6. The number of primary amides is 1. The number of imide groups is 2. The van der Waals surface area contributed by atoms with Gasteiger partial charge in [-0.3, -0.25) is 53.4 Å². The highest BCUT2D eigenvalue weighted by Gasteiger charge is 2.59. The van der Waals surface area contributed by atoms with Gasteiger partial charge in [-0.05, 0) is 178 Å². The number of phenols is 1. The fraction of sp³-hybridized carbons (Fsp3) is 0.683. The van der Waals surface area contributed by atoms with Crippen molar-refractivity contribution in [2.24, 2.45) is 40.1 Å². The number of benzene rings is 2. The summed E-state index contributed by atoms with van der Waals surface area (Å²) < 4.78 is 34.0. The first-order chi connectivity index (χ1) is 54.4. The molecule has 17 N–H and O–H groups in total. The molecule has 0 spiro atoms. The van der Waals surface area contributed by atoms with Gasteiger partial charge in [0.25, 0.3) is 11.8 Å². The Hall–Kier alpha value is -8.18. The number of unbranched alkanes of at least 4 members (excludes halogenated alkanes) is 1. The Balaban J connectivity index is 0.808. The fourth-order valence-corrected chi connectivity index (χ4v) is 18.2. The lowest BCUT2D eigenvalue weighted by atomic mass is 9.49. The van der Waals surface area contributed by atoms with Gasteiger partial charge < -0.3 is 103 Å². The molecule has 2 aliphatic heterocycles. The number of rotatable bonds is 40. The largest absolute Gasteiger partial charge is 0.508 e. The molecule has 0 radical (unpaired) electrons. The number of aromatic hydroxyl groups is 1. The molecule has 5 aliphatic carbocycles. The molecule has 7 aliphatic rings. The van der Waals surface area contributed by atoms with E-state index in [4.69, 9.17) is 39.9 Å². The van der Waals surface area contributed by atoms with Crippen LogP contribution in [0.1, 0.15) is 186 Å². The number of nitrogens with two attached hydrogens (primary N) is 2. The smallest absolute Gasteiger partial charge is 0.312 e. The van der Waals surface area contributed by atoms with Crippen molar-refractivity contribution in [3.8, 4) is 5.75 Å². The van der Waals surface area contributed by atoms with E-state index >= 15 is 4.79 Å². The summed E-state index contributed by atoms with van der Waals surface area (Å²) in [6.45, 7) is 12.6. The van der Waals surface area contributed by atoms with Crippen LogP contribution in [0.4, 0.5) is 10.5 Å². The van der Waals surface area contributed by atoms with Gasteiger partial charge in [0.05, 0.1) is 88.6 Å². The van der Waals surface area contributed by atoms with E-state index in [1.807, 2.05) is 38.1 Å². The van der Waals surface area contributed by atoms with Crippen molar-refractivity contribution in [1.29, 1.82) is 0 Å². The van der Waals surface area contributed by atoms with Crippen LogP contribution in [0.5, 0.6) is 5.75 Å². The van der Waals surface area contributed by atoms with Crippen molar-refractivity contribution >= 4 is 64.9 Å². The number of carbonyl (C=O) groups is 10. The Labute approximate surface area is 667 Å². The SMILES string of the molecule is CC(C)[C@H](NC(=O)[C@@H](CCCCNC(=O)COC1CCCCC/C(N[C@@H]2O[C@H](CO)[C@H](O)[C@H](O)[C@H]2O)=C\1N)NC(=O)CCOCCOCCOCCOCCN1C(=O)C=CC1=O)C(=O)N[C@@H](CCCNC(N)=O)C(=O)Nc1ccc2c(c1)[C@@]1(C)CCC[C@](C)(C(=O)NC(=O)[C@@]3(C)CCC[C@]4(C)c5cc(O)ccc5CC[C@@H]34)[C@@H]1CC2. The zero-order valence-electron chi connectivity index (χ0n) is 67.0. The molecule has 632 valence electrons. The van der Waals surface area contributed by atoms with Gasteiger partial charge in [-0.1, -0.05) is 79.4 Å². The van der Waals surface area contributed by atoms with E-state index in [0.717, 1.165) is 73.0 Å². The number of nitrogens with zero attached hydrogens (tertiary/aromatic N) is 1. The number of aliphatic hydroxyl groups is 4. The second-order valence-corrected chi connectivity index (χ2v) is 32.8. The number of aliphatic hydroxyl groups excluding tert-OH is 4. The van der Waals surface area contributed by atoms with Crippen molar-refractivity contribution in [3.05, 3.63) is 82.2 Å².